The summed E-state index contributed by atoms with van der Waals surface area (Å²) in [5, 5.41) is 10.9. The molecular weight excluding hydrogens is 259 g/mol. The van der Waals surface area contributed by atoms with E-state index in [1.807, 2.05) is 0 Å². The standard InChI is InChI=1S/C13H18ClFOS/c1-3-9(2)17-8-12(16)7-10-6-11(15)4-5-13(10)14/h4-6,9,12,16H,3,7-8H2,1-2H3. The van der Waals surface area contributed by atoms with E-state index in [0.717, 1.165) is 6.42 Å². The summed E-state index contributed by atoms with van der Waals surface area (Å²) in [4.78, 5) is 0. The monoisotopic (exact) mass is 276 g/mol. The molecule has 1 rings (SSSR count). The zero-order valence-corrected chi connectivity index (χ0v) is 11.7. The summed E-state index contributed by atoms with van der Waals surface area (Å²) in [5.41, 5.74) is 0.670. The van der Waals surface area contributed by atoms with Gasteiger partial charge in [0.25, 0.3) is 0 Å². The largest absolute Gasteiger partial charge is 0.392 e. The lowest BCUT2D eigenvalue weighted by Crippen LogP contribution is -2.15. The van der Waals surface area contributed by atoms with Crippen LogP contribution in [0.4, 0.5) is 4.39 Å². The highest BCUT2D eigenvalue weighted by molar-refractivity contribution is 7.99. The molecule has 2 atom stereocenters. The zero-order chi connectivity index (χ0) is 12.8. The van der Waals surface area contributed by atoms with Crippen molar-refractivity contribution in [3.63, 3.8) is 0 Å². The summed E-state index contributed by atoms with van der Waals surface area (Å²) in [5.74, 6) is 0.341. The third-order valence-corrected chi connectivity index (χ3v) is 4.46. The maximum Gasteiger partial charge on any atom is 0.123 e. The summed E-state index contributed by atoms with van der Waals surface area (Å²) >= 11 is 7.67. The molecule has 0 saturated heterocycles. The minimum absolute atomic E-state index is 0.314. The molecule has 1 nitrogen and oxygen atoms in total. The Balaban J connectivity index is 2.50. The Labute approximate surface area is 111 Å². The van der Waals surface area contributed by atoms with Gasteiger partial charge in [0, 0.05) is 22.4 Å². The minimum Gasteiger partial charge on any atom is -0.392 e. The first-order chi connectivity index (χ1) is 8.02. The Hall–Kier alpha value is -0.250. The molecule has 0 saturated carbocycles. The lowest BCUT2D eigenvalue weighted by atomic mass is 10.1. The van der Waals surface area contributed by atoms with Crippen LogP contribution in [-0.2, 0) is 6.42 Å². The molecule has 0 aliphatic carbocycles. The molecule has 0 aliphatic heterocycles. The number of rotatable bonds is 6. The first-order valence-corrected chi connectivity index (χ1v) is 7.19. The first kappa shape index (κ1) is 14.8. The zero-order valence-electron chi connectivity index (χ0n) is 10.1. The fraction of sp³-hybridized carbons (Fsp3) is 0.538. The number of aliphatic hydroxyl groups excluding tert-OH is 1. The van der Waals surface area contributed by atoms with Crippen molar-refractivity contribution in [2.45, 2.75) is 38.0 Å². The third kappa shape index (κ3) is 5.28. The van der Waals surface area contributed by atoms with Crippen LogP contribution in [0.2, 0.25) is 5.02 Å². The van der Waals surface area contributed by atoms with E-state index in [1.54, 1.807) is 11.8 Å². The number of hydrogen-bond acceptors (Lipinski definition) is 2. The molecule has 0 heterocycles. The van der Waals surface area contributed by atoms with Gasteiger partial charge in [0.2, 0.25) is 0 Å². The molecule has 4 heteroatoms. The molecule has 0 aliphatic rings. The highest BCUT2D eigenvalue weighted by atomic mass is 35.5. The number of hydrogen-bond donors (Lipinski definition) is 1. The van der Waals surface area contributed by atoms with Crippen molar-refractivity contribution < 1.29 is 9.50 Å². The van der Waals surface area contributed by atoms with Crippen molar-refractivity contribution in [3.8, 4) is 0 Å². The van der Waals surface area contributed by atoms with Crippen LogP contribution < -0.4 is 0 Å². The first-order valence-electron chi connectivity index (χ1n) is 5.76. The molecule has 0 aromatic heterocycles. The van der Waals surface area contributed by atoms with Gasteiger partial charge in [-0.2, -0.15) is 11.8 Å². The van der Waals surface area contributed by atoms with Crippen molar-refractivity contribution in [2.75, 3.05) is 5.75 Å². The summed E-state index contributed by atoms with van der Waals surface area (Å²) in [6.45, 7) is 4.25. The van der Waals surface area contributed by atoms with Crippen LogP contribution in [0.15, 0.2) is 18.2 Å². The van der Waals surface area contributed by atoms with Gasteiger partial charge in [-0.25, -0.2) is 4.39 Å². The van der Waals surface area contributed by atoms with Gasteiger partial charge < -0.3 is 5.11 Å². The Morgan fingerprint density at radius 2 is 2.18 bits per heavy atom. The van der Waals surface area contributed by atoms with E-state index in [0.29, 0.717) is 28.0 Å². The van der Waals surface area contributed by atoms with E-state index < -0.39 is 6.10 Å². The average molecular weight is 277 g/mol. The molecule has 96 valence electrons. The Kier molecular flexibility index (Phi) is 6.31. The van der Waals surface area contributed by atoms with Crippen molar-refractivity contribution in [1.82, 2.24) is 0 Å². The number of thioether (sulfide) groups is 1. The second-order valence-corrected chi connectivity index (χ2v) is 6.02. The topological polar surface area (TPSA) is 20.2 Å². The number of aliphatic hydroxyl groups is 1. The summed E-state index contributed by atoms with van der Waals surface area (Å²) in [6.07, 6.45) is 1.01. The smallest absolute Gasteiger partial charge is 0.123 e. The summed E-state index contributed by atoms with van der Waals surface area (Å²) in [7, 11) is 0. The van der Waals surface area contributed by atoms with Crippen molar-refractivity contribution in [3.05, 3.63) is 34.6 Å². The summed E-state index contributed by atoms with van der Waals surface area (Å²) in [6, 6.07) is 4.24. The van der Waals surface area contributed by atoms with E-state index in [-0.39, 0.29) is 5.82 Å². The van der Waals surface area contributed by atoms with Gasteiger partial charge in [0.05, 0.1) is 6.10 Å². The number of halogens is 2. The molecule has 1 aromatic rings. The Bertz CT molecular complexity index is 359. The Morgan fingerprint density at radius 1 is 1.47 bits per heavy atom. The van der Waals surface area contributed by atoms with Gasteiger partial charge in [-0.3, -0.25) is 0 Å². The van der Waals surface area contributed by atoms with Gasteiger partial charge in [-0.1, -0.05) is 25.4 Å². The van der Waals surface area contributed by atoms with Gasteiger partial charge >= 0.3 is 0 Å². The Morgan fingerprint density at radius 3 is 2.82 bits per heavy atom. The van der Waals surface area contributed by atoms with Gasteiger partial charge in [0.1, 0.15) is 5.82 Å². The van der Waals surface area contributed by atoms with Gasteiger partial charge in [-0.15, -0.1) is 0 Å². The highest BCUT2D eigenvalue weighted by Gasteiger charge is 2.11. The SMILES string of the molecule is CCC(C)SCC(O)Cc1cc(F)ccc1Cl. The minimum atomic E-state index is -0.478. The maximum absolute atomic E-state index is 13.0. The maximum atomic E-state index is 13.0. The molecular formula is C13H18ClFOS. The van der Waals surface area contributed by atoms with Crippen LogP contribution in [0.25, 0.3) is 0 Å². The van der Waals surface area contributed by atoms with Crippen LogP contribution in [-0.4, -0.2) is 22.2 Å². The highest BCUT2D eigenvalue weighted by Crippen LogP contribution is 2.21. The predicted octanol–water partition coefficient (Wildman–Crippen LogP) is 3.91. The third-order valence-electron chi connectivity index (χ3n) is 2.61. The lowest BCUT2D eigenvalue weighted by molar-refractivity contribution is 0.200. The van der Waals surface area contributed by atoms with E-state index in [2.05, 4.69) is 13.8 Å². The van der Waals surface area contributed by atoms with Crippen LogP contribution >= 0.6 is 23.4 Å². The van der Waals surface area contributed by atoms with E-state index in [1.165, 1.54) is 18.2 Å². The second kappa shape index (κ2) is 7.24. The molecule has 0 spiro atoms. The van der Waals surface area contributed by atoms with Gasteiger partial charge in [-0.05, 0) is 30.2 Å². The fourth-order valence-electron chi connectivity index (χ4n) is 1.41. The van der Waals surface area contributed by atoms with Crippen molar-refractivity contribution in [2.24, 2.45) is 0 Å². The van der Waals surface area contributed by atoms with Crippen molar-refractivity contribution >= 4 is 23.4 Å². The molecule has 1 N–H and O–H groups in total. The van der Waals surface area contributed by atoms with E-state index in [4.69, 9.17) is 11.6 Å². The van der Waals surface area contributed by atoms with Crippen LogP contribution in [0.5, 0.6) is 0 Å². The average Bonchev–Trinajstić information content (AvgIpc) is 2.30. The molecule has 0 bridgehead atoms. The number of benzene rings is 1. The fourth-order valence-corrected chi connectivity index (χ4v) is 2.50. The molecule has 1 aromatic carbocycles. The normalized spacial score (nSPS) is 14.6. The molecule has 0 fully saturated rings. The summed E-state index contributed by atoms with van der Waals surface area (Å²) < 4.78 is 13.0. The molecule has 0 radical (unpaired) electrons. The van der Waals surface area contributed by atoms with Crippen LogP contribution in [0.1, 0.15) is 25.8 Å². The quantitative estimate of drug-likeness (QED) is 0.850. The van der Waals surface area contributed by atoms with Crippen LogP contribution in [0, 0.1) is 5.82 Å². The molecule has 2 unspecified atom stereocenters. The van der Waals surface area contributed by atoms with Crippen molar-refractivity contribution in [1.29, 1.82) is 0 Å². The van der Waals surface area contributed by atoms with Gasteiger partial charge in [0.15, 0.2) is 0 Å². The van der Waals surface area contributed by atoms with Crippen LogP contribution in [0.3, 0.4) is 0 Å². The molecule has 0 amide bonds. The van der Waals surface area contributed by atoms with E-state index >= 15 is 0 Å². The van der Waals surface area contributed by atoms with E-state index in [9.17, 15) is 9.50 Å². The second-order valence-electron chi connectivity index (χ2n) is 4.15. The molecule has 17 heavy (non-hydrogen) atoms. The predicted molar refractivity (Wildman–Crippen MR) is 73.3 cm³/mol. The lowest BCUT2D eigenvalue weighted by Gasteiger charge is -2.14.